The summed E-state index contributed by atoms with van der Waals surface area (Å²) in [5.41, 5.74) is 2.40. The predicted molar refractivity (Wildman–Crippen MR) is 114 cm³/mol. The fraction of sp³-hybridized carbons (Fsp3) is 0.500. The van der Waals surface area contributed by atoms with Crippen LogP contribution in [0.1, 0.15) is 57.6 Å². The number of ether oxygens (including phenoxy) is 4. The standard InChI is InChI=1S/C24H34O4/c1-6-9-14-27-24-22(26-5)16-19(11-8-3)17-23(24)28-20-13-12-18(10-7-2)15-21(20)25-4/h12-13,15-17H,6-11,14H2,1-5H3. The zero-order chi connectivity index (χ0) is 20.4. The van der Waals surface area contributed by atoms with Gasteiger partial charge in [0.1, 0.15) is 0 Å². The van der Waals surface area contributed by atoms with Crippen LogP contribution in [-0.4, -0.2) is 20.8 Å². The Balaban J connectivity index is 2.42. The molecule has 4 heteroatoms. The Morgan fingerprint density at radius 2 is 1.32 bits per heavy atom. The van der Waals surface area contributed by atoms with Gasteiger partial charge in [-0.3, -0.25) is 0 Å². The lowest BCUT2D eigenvalue weighted by molar-refractivity contribution is 0.273. The molecule has 2 aromatic carbocycles. The molecule has 154 valence electrons. The Bertz CT molecular complexity index is 740. The second kappa shape index (κ2) is 11.5. The third kappa shape index (κ3) is 5.82. The molecule has 0 N–H and O–H groups in total. The Labute approximate surface area is 169 Å². The molecule has 2 aromatic rings. The third-order valence-corrected chi connectivity index (χ3v) is 4.57. The highest BCUT2D eigenvalue weighted by Gasteiger charge is 2.17. The van der Waals surface area contributed by atoms with Crippen molar-refractivity contribution in [3.63, 3.8) is 0 Å². The maximum absolute atomic E-state index is 6.29. The first-order valence-corrected chi connectivity index (χ1v) is 10.3. The van der Waals surface area contributed by atoms with Gasteiger partial charge in [-0.2, -0.15) is 0 Å². The van der Waals surface area contributed by atoms with E-state index < -0.39 is 0 Å². The molecule has 0 fully saturated rings. The Hall–Kier alpha value is -2.36. The topological polar surface area (TPSA) is 36.9 Å². The van der Waals surface area contributed by atoms with Gasteiger partial charge in [0.15, 0.2) is 23.0 Å². The Morgan fingerprint density at radius 1 is 0.679 bits per heavy atom. The number of hydrogen-bond donors (Lipinski definition) is 0. The van der Waals surface area contributed by atoms with Gasteiger partial charge in [0, 0.05) is 0 Å². The highest BCUT2D eigenvalue weighted by molar-refractivity contribution is 5.56. The highest BCUT2D eigenvalue weighted by atomic mass is 16.5. The molecule has 0 unspecified atom stereocenters. The predicted octanol–water partition coefficient (Wildman–Crippen LogP) is 6.58. The SMILES string of the molecule is CCCCOc1c(OC)cc(CCC)cc1Oc1ccc(CCC)cc1OC. The molecule has 28 heavy (non-hydrogen) atoms. The fourth-order valence-electron chi connectivity index (χ4n) is 3.11. The van der Waals surface area contributed by atoms with Crippen LogP contribution in [0.15, 0.2) is 30.3 Å². The molecule has 0 amide bonds. The number of aryl methyl sites for hydroxylation is 2. The van der Waals surface area contributed by atoms with Gasteiger partial charge in [-0.25, -0.2) is 0 Å². The van der Waals surface area contributed by atoms with Crippen LogP contribution >= 0.6 is 0 Å². The highest BCUT2D eigenvalue weighted by Crippen LogP contribution is 2.43. The summed E-state index contributed by atoms with van der Waals surface area (Å²) in [6, 6.07) is 10.2. The van der Waals surface area contributed by atoms with Gasteiger partial charge in [-0.1, -0.05) is 46.1 Å². The molecule has 0 aliphatic rings. The molecule has 0 spiro atoms. The lowest BCUT2D eigenvalue weighted by Crippen LogP contribution is -2.03. The minimum atomic E-state index is 0.628. The van der Waals surface area contributed by atoms with Crippen molar-refractivity contribution >= 4 is 0 Å². The lowest BCUT2D eigenvalue weighted by atomic mass is 10.1. The van der Waals surface area contributed by atoms with E-state index in [2.05, 4.69) is 26.8 Å². The molecule has 0 bridgehead atoms. The van der Waals surface area contributed by atoms with E-state index in [1.54, 1.807) is 14.2 Å². The minimum absolute atomic E-state index is 0.628. The molecule has 0 radical (unpaired) electrons. The zero-order valence-electron chi connectivity index (χ0n) is 18.0. The summed E-state index contributed by atoms with van der Waals surface area (Å²) in [6.45, 7) is 7.10. The first-order valence-electron chi connectivity index (χ1n) is 10.3. The average Bonchev–Trinajstić information content (AvgIpc) is 2.70. The number of unbranched alkanes of at least 4 members (excludes halogenated alkanes) is 1. The first-order chi connectivity index (χ1) is 13.7. The number of rotatable bonds is 12. The molecule has 0 aromatic heterocycles. The van der Waals surface area contributed by atoms with E-state index >= 15 is 0 Å². The number of benzene rings is 2. The van der Waals surface area contributed by atoms with Crippen LogP contribution in [0, 0.1) is 0 Å². The van der Waals surface area contributed by atoms with Crippen LogP contribution in [0.4, 0.5) is 0 Å². The van der Waals surface area contributed by atoms with Crippen LogP contribution in [-0.2, 0) is 12.8 Å². The largest absolute Gasteiger partial charge is 0.493 e. The van der Waals surface area contributed by atoms with Crippen LogP contribution in [0.2, 0.25) is 0 Å². The summed E-state index contributed by atoms with van der Waals surface area (Å²) in [7, 11) is 3.34. The van der Waals surface area contributed by atoms with Gasteiger partial charge in [0.2, 0.25) is 5.75 Å². The van der Waals surface area contributed by atoms with E-state index in [1.165, 1.54) is 11.1 Å². The van der Waals surface area contributed by atoms with Crippen molar-refractivity contribution in [1.82, 2.24) is 0 Å². The van der Waals surface area contributed by atoms with Gasteiger partial charge in [0.25, 0.3) is 0 Å². The molecule has 0 aliphatic carbocycles. The maximum atomic E-state index is 6.29. The Kier molecular flexibility index (Phi) is 8.99. The average molecular weight is 387 g/mol. The van der Waals surface area contributed by atoms with Crippen molar-refractivity contribution in [2.24, 2.45) is 0 Å². The van der Waals surface area contributed by atoms with Crippen molar-refractivity contribution in [1.29, 1.82) is 0 Å². The molecule has 0 atom stereocenters. The monoisotopic (exact) mass is 386 g/mol. The first kappa shape index (κ1) is 21.9. The van der Waals surface area contributed by atoms with Crippen molar-refractivity contribution in [2.75, 3.05) is 20.8 Å². The summed E-state index contributed by atoms with van der Waals surface area (Å²) in [5, 5.41) is 0. The van der Waals surface area contributed by atoms with E-state index in [4.69, 9.17) is 18.9 Å². The molecular weight excluding hydrogens is 352 g/mol. The zero-order valence-corrected chi connectivity index (χ0v) is 18.0. The Morgan fingerprint density at radius 3 is 1.96 bits per heavy atom. The van der Waals surface area contributed by atoms with Crippen LogP contribution in [0.3, 0.4) is 0 Å². The van der Waals surface area contributed by atoms with Crippen molar-refractivity contribution in [2.45, 2.75) is 59.3 Å². The minimum Gasteiger partial charge on any atom is -0.493 e. The summed E-state index contributed by atoms with van der Waals surface area (Å²) >= 11 is 0. The summed E-state index contributed by atoms with van der Waals surface area (Å²) in [4.78, 5) is 0. The van der Waals surface area contributed by atoms with Crippen molar-refractivity contribution in [3.8, 4) is 28.7 Å². The van der Waals surface area contributed by atoms with Gasteiger partial charge in [-0.15, -0.1) is 0 Å². The third-order valence-electron chi connectivity index (χ3n) is 4.57. The smallest absolute Gasteiger partial charge is 0.204 e. The normalized spacial score (nSPS) is 10.6. The van der Waals surface area contributed by atoms with Gasteiger partial charge in [-0.05, 0) is 54.7 Å². The quantitative estimate of drug-likeness (QED) is 0.386. The second-order valence-electron chi connectivity index (χ2n) is 6.91. The van der Waals surface area contributed by atoms with E-state index in [0.717, 1.165) is 44.3 Å². The fourth-order valence-corrected chi connectivity index (χ4v) is 3.11. The van der Waals surface area contributed by atoms with Crippen LogP contribution in [0.5, 0.6) is 28.7 Å². The molecule has 0 aliphatic heterocycles. The molecular formula is C24H34O4. The van der Waals surface area contributed by atoms with Gasteiger partial charge >= 0.3 is 0 Å². The molecule has 0 saturated carbocycles. The summed E-state index contributed by atoms with van der Waals surface area (Å²) in [6.07, 6.45) is 6.16. The van der Waals surface area contributed by atoms with Gasteiger partial charge in [0.05, 0.1) is 20.8 Å². The van der Waals surface area contributed by atoms with Gasteiger partial charge < -0.3 is 18.9 Å². The van der Waals surface area contributed by atoms with E-state index in [1.807, 2.05) is 24.3 Å². The lowest BCUT2D eigenvalue weighted by Gasteiger charge is -2.18. The summed E-state index contributed by atoms with van der Waals surface area (Å²) < 4.78 is 23.5. The number of hydrogen-bond acceptors (Lipinski definition) is 4. The second-order valence-corrected chi connectivity index (χ2v) is 6.91. The van der Waals surface area contributed by atoms with Crippen molar-refractivity contribution in [3.05, 3.63) is 41.5 Å². The molecule has 2 rings (SSSR count). The van der Waals surface area contributed by atoms with Crippen LogP contribution < -0.4 is 18.9 Å². The van der Waals surface area contributed by atoms with E-state index in [0.29, 0.717) is 29.6 Å². The molecule has 0 heterocycles. The number of methoxy groups -OCH3 is 2. The maximum Gasteiger partial charge on any atom is 0.204 e. The van der Waals surface area contributed by atoms with Crippen molar-refractivity contribution < 1.29 is 18.9 Å². The van der Waals surface area contributed by atoms with E-state index in [9.17, 15) is 0 Å². The molecule has 0 saturated heterocycles. The summed E-state index contributed by atoms with van der Waals surface area (Å²) in [5.74, 6) is 3.43. The van der Waals surface area contributed by atoms with E-state index in [-0.39, 0.29) is 0 Å². The van der Waals surface area contributed by atoms with Crippen LogP contribution in [0.25, 0.3) is 0 Å². The molecule has 4 nitrogen and oxygen atoms in total.